The van der Waals surface area contributed by atoms with E-state index in [4.69, 9.17) is 4.74 Å². The molecule has 0 bridgehead atoms. The first-order chi connectivity index (χ1) is 13.0. The molecule has 0 aromatic carbocycles. The Morgan fingerprint density at radius 3 is 2.96 bits per heavy atom. The summed E-state index contributed by atoms with van der Waals surface area (Å²) in [6.07, 6.45) is 4.68. The zero-order valence-corrected chi connectivity index (χ0v) is 16.7. The molecule has 2 saturated heterocycles. The third-order valence-corrected chi connectivity index (χ3v) is 6.30. The fourth-order valence-electron chi connectivity index (χ4n) is 4.13. The number of nitrogens with one attached hydrogen (secondary N) is 1. The minimum absolute atomic E-state index is 0.0647. The molecule has 6 nitrogen and oxygen atoms in total. The van der Waals surface area contributed by atoms with Crippen molar-refractivity contribution < 1.29 is 19.1 Å². The van der Waals surface area contributed by atoms with Gasteiger partial charge < -0.3 is 15.0 Å². The third kappa shape index (κ3) is 5.09. The maximum atomic E-state index is 12.8. The molecule has 1 N–H and O–H groups in total. The molecule has 148 valence electrons. The van der Waals surface area contributed by atoms with E-state index in [2.05, 4.69) is 16.8 Å². The minimum atomic E-state index is -0.329. The normalized spacial score (nSPS) is 25.3. The lowest BCUT2D eigenvalue weighted by atomic mass is 9.85. The number of nitrogens with zero attached hydrogens (tertiary/aromatic N) is 1. The molecule has 0 spiro atoms. The van der Waals surface area contributed by atoms with Crippen LogP contribution in [-0.2, 0) is 25.5 Å². The molecule has 3 heterocycles. The molecule has 1 aromatic rings. The van der Waals surface area contributed by atoms with Crippen LogP contribution in [0, 0.1) is 5.92 Å². The molecule has 7 heteroatoms. The lowest BCUT2D eigenvalue weighted by molar-refractivity contribution is -0.151. The van der Waals surface area contributed by atoms with Gasteiger partial charge in [-0.1, -0.05) is 0 Å². The van der Waals surface area contributed by atoms with E-state index in [9.17, 15) is 14.4 Å². The van der Waals surface area contributed by atoms with Crippen molar-refractivity contribution in [2.24, 2.45) is 5.92 Å². The number of likely N-dealkylation sites (tertiary alicyclic amines) is 1. The summed E-state index contributed by atoms with van der Waals surface area (Å²) in [5, 5.41) is 7.26. The van der Waals surface area contributed by atoms with Gasteiger partial charge in [-0.15, -0.1) is 0 Å². The smallest absolute Gasteiger partial charge is 0.310 e. The Morgan fingerprint density at radius 2 is 2.30 bits per heavy atom. The zero-order chi connectivity index (χ0) is 19.3. The zero-order valence-electron chi connectivity index (χ0n) is 15.9. The Hall–Kier alpha value is -1.89. The SMILES string of the molecule is CCOC(=O)[C@@H]1CCCN(C(=O)CC[C@]2(Cc3ccsc3)CCC(=O)N2)C1. The van der Waals surface area contributed by atoms with Crippen LogP contribution in [0.15, 0.2) is 16.8 Å². The van der Waals surface area contributed by atoms with Crippen LogP contribution in [-0.4, -0.2) is 47.9 Å². The largest absolute Gasteiger partial charge is 0.466 e. The van der Waals surface area contributed by atoms with Gasteiger partial charge >= 0.3 is 5.97 Å². The van der Waals surface area contributed by atoms with Crippen molar-refractivity contribution in [1.82, 2.24) is 10.2 Å². The maximum Gasteiger partial charge on any atom is 0.310 e. The standard InChI is InChI=1S/C20H28N2O4S/c1-2-26-19(25)16-4-3-10-22(13-16)18(24)6-9-20(8-5-17(23)21-20)12-15-7-11-27-14-15/h7,11,14,16H,2-6,8-10,12-13H2,1H3,(H,21,23)/t16-,20+/m1/s1. The molecular formula is C20H28N2O4S. The molecule has 0 saturated carbocycles. The number of carbonyl (C=O) groups excluding carboxylic acids is 3. The molecule has 2 fully saturated rings. The van der Waals surface area contributed by atoms with Crippen molar-refractivity contribution in [2.45, 2.75) is 57.4 Å². The molecule has 2 amide bonds. The van der Waals surface area contributed by atoms with E-state index < -0.39 is 0 Å². The molecule has 2 aliphatic heterocycles. The molecule has 0 unspecified atom stereocenters. The summed E-state index contributed by atoms with van der Waals surface area (Å²) < 4.78 is 5.11. The summed E-state index contributed by atoms with van der Waals surface area (Å²) in [7, 11) is 0. The Kier molecular flexibility index (Phi) is 6.52. The second-order valence-electron chi connectivity index (χ2n) is 7.57. The van der Waals surface area contributed by atoms with Crippen LogP contribution >= 0.6 is 11.3 Å². The van der Waals surface area contributed by atoms with Crippen LogP contribution in [0.3, 0.4) is 0 Å². The number of hydrogen-bond acceptors (Lipinski definition) is 5. The predicted molar refractivity (Wildman–Crippen MR) is 103 cm³/mol. The molecule has 27 heavy (non-hydrogen) atoms. The Balaban J connectivity index is 1.57. The Bertz CT molecular complexity index is 676. The van der Waals surface area contributed by atoms with Gasteiger partial charge in [-0.3, -0.25) is 14.4 Å². The van der Waals surface area contributed by atoms with E-state index in [1.165, 1.54) is 5.56 Å². The van der Waals surface area contributed by atoms with E-state index in [1.807, 2.05) is 5.38 Å². The highest BCUT2D eigenvalue weighted by atomic mass is 32.1. The molecule has 1 aromatic heterocycles. The van der Waals surface area contributed by atoms with Crippen molar-refractivity contribution in [3.8, 4) is 0 Å². The third-order valence-electron chi connectivity index (χ3n) is 5.57. The number of amides is 2. The Morgan fingerprint density at radius 1 is 1.44 bits per heavy atom. The van der Waals surface area contributed by atoms with Crippen LogP contribution in [0.1, 0.15) is 51.0 Å². The van der Waals surface area contributed by atoms with Gasteiger partial charge in [0.25, 0.3) is 0 Å². The number of thiophene rings is 1. The predicted octanol–water partition coefficient (Wildman–Crippen LogP) is 2.52. The van der Waals surface area contributed by atoms with Crippen molar-refractivity contribution in [3.05, 3.63) is 22.4 Å². The summed E-state index contributed by atoms with van der Waals surface area (Å²) in [6.45, 7) is 3.31. The van der Waals surface area contributed by atoms with Gasteiger partial charge in [0.1, 0.15) is 0 Å². The van der Waals surface area contributed by atoms with E-state index in [-0.39, 0.29) is 29.2 Å². The number of rotatable bonds is 7. The number of esters is 1. The van der Waals surface area contributed by atoms with E-state index in [0.29, 0.717) is 39.0 Å². The van der Waals surface area contributed by atoms with Crippen molar-refractivity contribution in [1.29, 1.82) is 0 Å². The number of hydrogen-bond donors (Lipinski definition) is 1. The second-order valence-corrected chi connectivity index (χ2v) is 8.35. The quantitative estimate of drug-likeness (QED) is 0.724. The fraction of sp³-hybridized carbons (Fsp3) is 0.650. The van der Waals surface area contributed by atoms with E-state index in [0.717, 1.165) is 25.7 Å². The van der Waals surface area contributed by atoms with Crippen LogP contribution < -0.4 is 5.32 Å². The van der Waals surface area contributed by atoms with Crippen LogP contribution in [0.4, 0.5) is 0 Å². The summed E-state index contributed by atoms with van der Waals surface area (Å²) in [5.74, 6) is -0.284. The average Bonchev–Trinajstić information content (AvgIpc) is 3.30. The first-order valence-corrected chi connectivity index (χ1v) is 10.7. The average molecular weight is 393 g/mol. The van der Waals surface area contributed by atoms with Crippen LogP contribution in [0.2, 0.25) is 0 Å². The van der Waals surface area contributed by atoms with Crippen molar-refractivity contribution in [2.75, 3.05) is 19.7 Å². The van der Waals surface area contributed by atoms with Gasteiger partial charge in [0.15, 0.2) is 0 Å². The van der Waals surface area contributed by atoms with Gasteiger partial charge in [-0.25, -0.2) is 0 Å². The summed E-state index contributed by atoms with van der Waals surface area (Å²) in [4.78, 5) is 38.4. The molecule has 0 aliphatic carbocycles. The minimum Gasteiger partial charge on any atom is -0.466 e. The summed E-state index contributed by atoms with van der Waals surface area (Å²) >= 11 is 1.64. The fourth-order valence-corrected chi connectivity index (χ4v) is 4.80. The van der Waals surface area contributed by atoms with Gasteiger partial charge in [-0.05, 0) is 61.4 Å². The highest BCUT2D eigenvalue weighted by Gasteiger charge is 2.38. The maximum absolute atomic E-state index is 12.8. The first-order valence-electron chi connectivity index (χ1n) is 9.78. The monoisotopic (exact) mass is 392 g/mol. The lowest BCUT2D eigenvalue weighted by Crippen LogP contribution is -2.46. The van der Waals surface area contributed by atoms with Gasteiger partial charge in [0.05, 0.1) is 12.5 Å². The number of ether oxygens (including phenoxy) is 1. The van der Waals surface area contributed by atoms with Gasteiger partial charge in [-0.2, -0.15) is 11.3 Å². The summed E-state index contributed by atoms with van der Waals surface area (Å²) in [5.41, 5.74) is 0.874. The van der Waals surface area contributed by atoms with Gasteiger partial charge in [0, 0.05) is 31.5 Å². The number of piperidine rings is 1. The molecule has 0 radical (unpaired) electrons. The van der Waals surface area contributed by atoms with Crippen molar-refractivity contribution in [3.63, 3.8) is 0 Å². The van der Waals surface area contributed by atoms with E-state index in [1.54, 1.807) is 23.2 Å². The summed E-state index contributed by atoms with van der Waals surface area (Å²) in [6, 6.07) is 2.08. The van der Waals surface area contributed by atoms with Gasteiger partial charge in [0.2, 0.25) is 11.8 Å². The van der Waals surface area contributed by atoms with Crippen LogP contribution in [0.25, 0.3) is 0 Å². The molecule has 2 aliphatic rings. The topological polar surface area (TPSA) is 75.7 Å². The number of carbonyl (C=O) groups is 3. The molecule has 3 rings (SSSR count). The van der Waals surface area contributed by atoms with E-state index >= 15 is 0 Å². The molecular weight excluding hydrogens is 364 g/mol. The molecule has 2 atom stereocenters. The highest BCUT2D eigenvalue weighted by Crippen LogP contribution is 2.31. The Labute approximate surface area is 164 Å². The van der Waals surface area contributed by atoms with Crippen LogP contribution in [0.5, 0.6) is 0 Å². The second kappa shape index (κ2) is 8.87. The first kappa shape index (κ1) is 19.9. The highest BCUT2D eigenvalue weighted by molar-refractivity contribution is 7.07. The lowest BCUT2D eigenvalue weighted by Gasteiger charge is -2.33. The van der Waals surface area contributed by atoms with Crippen molar-refractivity contribution >= 4 is 29.1 Å².